The third-order valence-electron chi connectivity index (χ3n) is 0.508. The average molecular weight is 280 g/mol. The summed E-state index contributed by atoms with van der Waals surface area (Å²) < 4.78 is 36.4. The van der Waals surface area contributed by atoms with Crippen LogP contribution in [0.3, 0.4) is 0 Å². The minimum atomic E-state index is -4.67. The minimum absolute atomic E-state index is 0.125. The normalized spacial score (nSPS) is 8.71. The highest BCUT2D eigenvalue weighted by molar-refractivity contribution is 7.79. The summed E-state index contributed by atoms with van der Waals surface area (Å²) in [6.07, 6.45) is 0. The highest BCUT2D eigenvalue weighted by Crippen LogP contribution is 1.64. The Hall–Kier alpha value is -0.290. The van der Waals surface area contributed by atoms with E-state index in [1.165, 1.54) is 0 Å². The van der Waals surface area contributed by atoms with E-state index in [-0.39, 0.29) is 19.8 Å². The van der Waals surface area contributed by atoms with E-state index in [0.29, 0.717) is 0 Å². The monoisotopic (exact) mass is 280 g/mol. The van der Waals surface area contributed by atoms with E-state index in [0.717, 1.165) is 13.2 Å². The van der Waals surface area contributed by atoms with Crippen molar-refractivity contribution in [3.8, 4) is 0 Å². The van der Waals surface area contributed by atoms with E-state index in [9.17, 15) is 0 Å². The lowest BCUT2D eigenvalue weighted by Gasteiger charge is -1.86. The molecule has 0 aromatic carbocycles. The van der Waals surface area contributed by atoms with Gasteiger partial charge in [-0.05, 0) is 20.8 Å². The van der Waals surface area contributed by atoms with Gasteiger partial charge in [0.25, 0.3) is 0 Å². The molecule has 0 atom stereocenters. The zero-order chi connectivity index (χ0) is 14.7. The number of aliphatic hydroxyl groups is 3. The Morgan fingerprint density at radius 2 is 1.06 bits per heavy atom. The average Bonchev–Trinajstić information content (AvgIpc) is 2.18. The van der Waals surface area contributed by atoms with Crippen LogP contribution in [0, 0.1) is 0 Å². The highest BCUT2D eigenvalue weighted by atomic mass is 32.3. The number of hydrogen-bond donors (Lipinski definition) is 5. The topological polar surface area (TPSA) is 145 Å². The quantitative estimate of drug-likeness (QED) is 0.429. The van der Waals surface area contributed by atoms with Crippen LogP contribution in [0.4, 0.5) is 0 Å². The van der Waals surface area contributed by atoms with Gasteiger partial charge < -0.3 is 20.1 Å². The molecule has 0 aromatic rings. The van der Waals surface area contributed by atoms with Crippen molar-refractivity contribution in [2.45, 2.75) is 20.8 Å². The standard InChI is InChI=1S/C4H10O.C2H6O2.C2H6O.H2O4S/c1-3-5-4-2;3-1-2-4;1-2-3;1-5(2,3)4/h3-4H2,1-2H3;3-4H,1-2H2;3H,2H2,1H3;(H2,1,2,3,4). The fraction of sp³-hybridized carbons (Fsp3) is 1.00. The lowest BCUT2D eigenvalue weighted by Crippen LogP contribution is -1.89. The summed E-state index contributed by atoms with van der Waals surface area (Å²) in [5, 5.41) is 22.8. The summed E-state index contributed by atoms with van der Waals surface area (Å²) in [7, 11) is -4.67. The van der Waals surface area contributed by atoms with Gasteiger partial charge in [-0.15, -0.1) is 0 Å². The summed E-state index contributed by atoms with van der Waals surface area (Å²) in [5.41, 5.74) is 0. The second-order valence-corrected chi connectivity index (χ2v) is 2.89. The van der Waals surface area contributed by atoms with Crippen LogP contribution in [0.1, 0.15) is 20.8 Å². The van der Waals surface area contributed by atoms with Crippen LogP contribution < -0.4 is 0 Å². The number of hydrogen-bond acceptors (Lipinski definition) is 6. The number of ether oxygens (including phenoxy) is 1. The minimum Gasteiger partial charge on any atom is -0.397 e. The molecule has 0 aliphatic rings. The Labute approximate surface area is 102 Å². The Bertz CT molecular complexity index is 168. The van der Waals surface area contributed by atoms with Crippen molar-refractivity contribution in [3.63, 3.8) is 0 Å². The van der Waals surface area contributed by atoms with Gasteiger partial charge in [-0.2, -0.15) is 8.42 Å². The Balaban J connectivity index is -0.0000000676. The predicted octanol–water partition coefficient (Wildman–Crippen LogP) is -0.640. The highest BCUT2D eigenvalue weighted by Gasteiger charge is 1.84. The van der Waals surface area contributed by atoms with Crippen molar-refractivity contribution >= 4 is 10.4 Å². The smallest absolute Gasteiger partial charge is 0.394 e. The molecular weight excluding hydrogens is 256 g/mol. The number of aliphatic hydroxyl groups excluding tert-OH is 3. The molecule has 0 aromatic heterocycles. The maximum absolute atomic E-state index is 8.74. The molecule has 0 bridgehead atoms. The first-order chi connectivity index (χ1) is 7.74. The zero-order valence-electron chi connectivity index (χ0n) is 10.4. The van der Waals surface area contributed by atoms with Gasteiger partial charge in [-0.1, -0.05) is 0 Å². The first kappa shape index (κ1) is 25.5. The first-order valence-electron chi connectivity index (χ1n) is 4.85. The van der Waals surface area contributed by atoms with Gasteiger partial charge in [0.1, 0.15) is 0 Å². The fourth-order valence-electron chi connectivity index (χ4n) is 0.204. The van der Waals surface area contributed by atoms with Crippen LogP contribution >= 0.6 is 0 Å². The summed E-state index contributed by atoms with van der Waals surface area (Å²) in [6.45, 7) is 7.35. The van der Waals surface area contributed by atoms with Gasteiger partial charge in [0.15, 0.2) is 0 Å². The van der Waals surface area contributed by atoms with Crippen LogP contribution in [-0.4, -0.2) is 65.9 Å². The molecule has 0 heterocycles. The Kier molecular flexibility index (Phi) is 37.2. The van der Waals surface area contributed by atoms with E-state index < -0.39 is 10.4 Å². The Morgan fingerprint density at radius 3 is 1.06 bits per heavy atom. The molecule has 0 saturated heterocycles. The fourth-order valence-corrected chi connectivity index (χ4v) is 0.204. The second kappa shape index (κ2) is 24.8. The van der Waals surface area contributed by atoms with Crippen LogP contribution in [0.2, 0.25) is 0 Å². The maximum Gasteiger partial charge on any atom is 0.394 e. The van der Waals surface area contributed by atoms with Gasteiger partial charge >= 0.3 is 10.4 Å². The lowest BCUT2D eigenvalue weighted by molar-refractivity contribution is 0.162. The molecule has 17 heavy (non-hydrogen) atoms. The molecule has 5 N–H and O–H groups in total. The van der Waals surface area contributed by atoms with E-state index in [1.807, 2.05) is 13.8 Å². The van der Waals surface area contributed by atoms with Crippen molar-refractivity contribution in [1.29, 1.82) is 0 Å². The largest absolute Gasteiger partial charge is 0.397 e. The molecule has 110 valence electrons. The third-order valence-corrected chi connectivity index (χ3v) is 0.508. The van der Waals surface area contributed by atoms with Crippen LogP contribution in [-0.2, 0) is 15.1 Å². The molecule has 0 fully saturated rings. The predicted molar refractivity (Wildman–Crippen MR) is 63.3 cm³/mol. The Morgan fingerprint density at radius 1 is 0.882 bits per heavy atom. The van der Waals surface area contributed by atoms with Gasteiger partial charge in [0.05, 0.1) is 13.2 Å². The van der Waals surface area contributed by atoms with Crippen LogP contribution in [0.5, 0.6) is 0 Å². The second-order valence-electron chi connectivity index (χ2n) is 1.99. The van der Waals surface area contributed by atoms with Crippen molar-refractivity contribution in [3.05, 3.63) is 0 Å². The molecule has 0 aliphatic carbocycles. The lowest BCUT2D eigenvalue weighted by atomic mass is 10.8. The van der Waals surface area contributed by atoms with Crippen LogP contribution in [0.25, 0.3) is 0 Å². The molecule has 0 radical (unpaired) electrons. The van der Waals surface area contributed by atoms with Crippen molar-refractivity contribution < 1.29 is 37.6 Å². The molecule has 0 saturated carbocycles. The van der Waals surface area contributed by atoms with Gasteiger partial charge in [-0.3, -0.25) is 9.11 Å². The van der Waals surface area contributed by atoms with E-state index >= 15 is 0 Å². The van der Waals surface area contributed by atoms with Gasteiger partial charge in [0.2, 0.25) is 0 Å². The summed E-state index contributed by atoms with van der Waals surface area (Å²) in [6, 6.07) is 0. The molecule has 0 spiro atoms. The molecule has 8 nitrogen and oxygen atoms in total. The van der Waals surface area contributed by atoms with Crippen LogP contribution in [0.15, 0.2) is 0 Å². The first-order valence-corrected chi connectivity index (χ1v) is 6.24. The van der Waals surface area contributed by atoms with Crippen molar-refractivity contribution in [1.82, 2.24) is 0 Å². The van der Waals surface area contributed by atoms with Crippen molar-refractivity contribution in [2.24, 2.45) is 0 Å². The number of rotatable bonds is 3. The molecule has 0 unspecified atom stereocenters. The summed E-state index contributed by atoms with van der Waals surface area (Å²) >= 11 is 0. The molecule has 9 heteroatoms. The third kappa shape index (κ3) is 402. The van der Waals surface area contributed by atoms with E-state index in [2.05, 4.69) is 0 Å². The molecular formula is C8H24O8S. The van der Waals surface area contributed by atoms with E-state index in [1.54, 1.807) is 6.92 Å². The SMILES string of the molecule is CCO.CCOCC.O=S(=O)(O)O.OCCO. The van der Waals surface area contributed by atoms with Gasteiger partial charge in [-0.25, -0.2) is 0 Å². The zero-order valence-corrected chi connectivity index (χ0v) is 11.2. The maximum atomic E-state index is 8.74. The van der Waals surface area contributed by atoms with Gasteiger partial charge in [0, 0.05) is 19.8 Å². The summed E-state index contributed by atoms with van der Waals surface area (Å²) in [4.78, 5) is 0. The summed E-state index contributed by atoms with van der Waals surface area (Å²) in [5.74, 6) is 0. The van der Waals surface area contributed by atoms with Crippen molar-refractivity contribution in [2.75, 3.05) is 33.0 Å². The molecule has 0 rings (SSSR count). The molecule has 0 amide bonds. The van der Waals surface area contributed by atoms with E-state index in [4.69, 9.17) is 37.6 Å². The molecule has 0 aliphatic heterocycles.